The second-order valence-corrected chi connectivity index (χ2v) is 2.98. The number of carbonyl (C=O) groups is 1. The fourth-order valence-corrected chi connectivity index (χ4v) is 1.30. The molecule has 0 amide bonds. The number of ketones is 1. The Balaban J connectivity index is 2.90. The Morgan fingerprint density at radius 3 is 2.54 bits per heavy atom. The van der Waals surface area contributed by atoms with E-state index in [2.05, 4.69) is 5.92 Å². The number of hydrogen-bond donors (Lipinski definition) is 0. The summed E-state index contributed by atoms with van der Waals surface area (Å²) < 4.78 is 0. The monoisotopic (exact) mass is 172 g/mol. The van der Waals surface area contributed by atoms with E-state index >= 15 is 0 Å². The van der Waals surface area contributed by atoms with E-state index in [1.54, 1.807) is 6.92 Å². The van der Waals surface area contributed by atoms with E-state index in [4.69, 9.17) is 6.42 Å². The minimum absolute atomic E-state index is 0.129. The van der Waals surface area contributed by atoms with Crippen LogP contribution in [-0.4, -0.2) is 5.78 Å². The Hall–Kier alpha value is -1.55. The molecule has 0 aliphatic rings. The average molecular weight is 172 g/mol. The fraction of sp³-hybridized carbons (Fsp3) is 0.250. The third-order valence-corrected chi connectivity index (χ3v) is 2.01. The third kappa shape index (κ3) is 2.45. The van der Waals surface area contributed by atoms with E-state index < -0.39 is 0 Å². The maximum atomic E-state index is 11.2. The first-order valence-electron chi connectivity index (χ1n) is 4.24. The van der Waals surface area contributed by atoms with Gasteiger partial charge < -0.3 is 0 Å². The first-order chi connectivity index (χ1) is 6.25. The molecule has 0 N–H and O–H groups in total. The summed E-state index contributed by atoms with van der Waals surface area (Å²) >= 11 is 0. The van der Waals surface area contributed by atoms with Gasteiger partial charge in [-0.2, -0.15) is 0 Å². The van der Waals surface area contributed by atoms with Gasteiger partial charge in [0.25, 0.3) is 0 Å². The van der Waals surface area contributed by atoms with Crippen LogP contribution in [0.15, 0.2) is 30.3 Å². The van der Waals surface area contributed by atoms with E-state index in [1.807, 2.05) is 30.3 Å². The molecule has 0 aliphatic heterocycles. The summed E-state index contributed by atoms with van der Waals surface area (Å²) in [7, 11) is 0. The number of rotatable bonds is 3. The van der Waals surface area contributed by atoms with Crippen molar-refractivity contribution < 1.29 is 4.79 Å². The third-order valence-electron chi connectivity index (χ3n) is 2.01. The van der Waals surface area contributed by atoms with Crippen LogP contribution in [0, 0.1) is 12.3 Å². The minimum atomic E-state index is -0.133. The number of Topliss-reactive ketones (excluding diaryl/α,β-unsaturated/α-hetero) is 1. The lowest BCUT2D eigenvalue weighted by molar-refractivity contribution is -0.118. The van der Waals surface area contributed by atoms with Crippen molar-refractivity contribution in [2.45, 2.75) is 19.3 Å². The molecular weight excluding hydrogens is 160 g/mol. The topological polar surface area (TPSA) is 17.1 Å². The fourth-order valence-electron chi connectivity index (χ4n) is 1.30. The summed E-state index contributed by atoms with van der Waals surface area (Å²) in [6.07, 6.45) is 5.69. The maximum Gasteiger partial charge on any atom is 0.138 e. The van der Waals surface area contributed by atoms with Crippen LogP contribution in [0.3, 0.4) is 0 Å². The molecule has 1 heteroatoms. The van der Waals surface area contributed by atoms with E-state index in [1.165, 1.54) is 0 Å². The molecule has 1 unspecified atom stereocenters. The van der Waals surface area contributed by atoms with Crippen LogP contribution >= 0.6 is 0 Å². The summed E-state index contributed by atoms with van der Waals surface area (Å²) in [5.74, 6) is 2.52. The van der Waals surface area contributed by atoms with Gasteiger partial charge in [-0.25, -0.2) is 0 Å². The zero-order valence-corrected chi connectivity index (χ0v) is 7.66. The molecule has 1 aromatic rings. The molecule has 1 atom stereocenters. The Bertz CT molecular complexity index is 319. The second kappa shape index (κ2) is 4.47. The molecule has 0 aliphatic carbocycles. The summed E-state index contributed by atoms with van der Waals surface area (Å²) in [4.78, 5) is 11.2. The predicted molar refractivity (Wildman–Crippen MR) is 53.3 cm³/mol. The molecule has 0 fully saturated rings. The Morgan fingerprint density at radius 1 is 1.46 bits per heavy atom. The van der Waals surface area contributed by atoms with Gasteiger partial charge in [0.05, 0.1) is 5.92 Å². The van der Waals surface area contributed by atoms with Gasteiger partial charge in [0.1, 0.15) is 5.78 Å². The van der Waals surface area contributed by atoms with Crippen LogP contribution in [0.25, 0.3) is 0 Å². The highest BCUT2D eigenvalue weighted by atomic mass is 16.1. The van der Waals surface area contributed by atoms with Crippen molar-refractivity contribution >= 4 is 5.78 Å². The Kier molecular flexibility index (Phi) is 3.28. The predicted octanol–water partition coefficient (Wildman–Crippen LogP) is 2.38. The molecule has 1 aromatic carbocycles. The molecule has 13 heavy (non-hydrogen) atoms. The summed E-state index contributed by atoms with van der Waals surface area (Å²) in [5.41, 5.74) is 1.01. The Labute approximate surface area is 78.8 Å². The molecule has 0 heterocycles. The number of terminal acetylenes is 1. The smallest absolute Gasteiger partial charge is 0.138 e. The molecular formula is C12H12O. The van der Waals surface area contributed by atoms with Crippen LogP contribution in [0.4, 0.5) is 0 Å². The summed E-state index contributed by atoms with van der Waals surface area (Å²) in [5, 5.41) is 0. The van der Waals surface area contributed by atoms with Crippen LogP contribution < -0.4 is 0 Å². The van der Waals surface area contributed by atoms with Gasteiger partial charge in [0.2, 0.25) is 0 Å². The van der Waals surface area contributed by atoms with E-state index in [9.17, 15) is 4.79 Å². The van der Waals surface area contributed by atoms with Gasteiger partial charge in [-0.05, 0) is 12.5 Å². The quantitative estimate of drug-likeness (QED) is 0.640. The van der Waals surface area contributed by atoms with E-state index in [-0.39, 0.29) is 11.7 Å². The van der Waals surface area contributed by atoms with Gasteiger partial charge in [-0.1, -0.05) is 30.3 Å². The van der Waals surface area contributed by atoms with Crippen LogP contribution in [0.2, 0.25) is 0 Å². The van der Waals surface area contributed by atoms with Crippen LogP contribution in [0.5, 0.6) is 0 Å². The van der Waals surface area contributed by atoms with Gasteiger partial charge in [-0.15, -0.1) is 12.3 Å². The van der Waals surface area contributed by atoms with Crippen LogP contribution in [0.1, 0.15) is 24.8 Å². The largest absolute Gasteiger partial charge is 0.299 e. The molecule has 0 saturated carbocycles. The van der Waals surface area contributed by atoms with E-state index in [0.717, 1.165) is 5.56 Å². The molecule has 0 spiro atoms. The van der Waals surface area contributed by atoms with Crippen molar-refractivity contribution in [3.8, 4) is 12.3 Å². The molecule has 0 aromatic heterocycles. The van der Waals surface area contributed by atoms with Gasteiger partial charge >= 0.3 is 0 Å². The lowest BCUT2D eigenvalue weighted by Crippen LogP contribution is -2.07. The first kappa shape index (κ1) is 9.54. The SMILES string of the molecule is C#CCC(C(C)=O)c1ccccc1. The molecule has 1 nitrogen and oxygen atoms in total. The van der Waals surface area contributed by atoms with Gasteiger partial charge in [0, 0.05) is 6.42 Å². The highest BCUT2D eigenvalue weighted by molar-refractivity contribution is 5.83. The minimum Gasteiger partial charge on any atom is -0.299 e. The Morgan fingerprint density at radius 2 is 2.08 bits per heavy atom. The van der Waals surface area contributed by atoms with Gasteiger partial charge in [0.15, 0.2) is 0 Å². The second-order valence-electron chi connectivity index (χ2n) is 2.98. The van der Waals surface area contributed by atoms with Crippen LogP contribution in [-0.2, 0) is 4.79 Å². The number of benzene rings is 1. The average Bonchev–Trinajstić information content (AvgIpc) is 2.15. The maximum absolute atomic E-state index is 11.2. The highest BCUT2D eigenvalue weighted by Crippen LogP contribution is 2.19. The molecule has 66 valence electrons. The molecule has 1 rings (SSSR count). The highest BCUT2D eigenvalue weighted by Gasteiger charge is 2.14. The lowest BCUT2D eigenvalue weighted by Gasteiger charge is -2.09. The van der Waals surface area contributed by atoms with Crippen molar-refractivity contribution in [2.75, 3.05) is 0 Å². The summed E-state index contributed by atoms with van der Waals surface area (Å²) in [6, 6.07) is 9.63. The van der Waals surface area contributed by atoms with Crippen molar-refractivity contribution in [1.82, 2.24) is 0 Å². The molecule has 0 radical (unpaired) electrons. The number of carbonyl (C=O) groups excluding carboxylic acids is 1. The van der Waals surface area contributed by atoms with Crippen molar-refractivity contribution in [3.63, 3.8) is 0 Å². The van der Waals surface area contributed by atoms with Crippen molar-refractivity contribution in [2.24, 2.45) is 0 Å². The molecule has 0 bridgehead atoms. The zero-order valence-electron chi connectivity index (χ0n) is 7.66. The van der Waals surface area contributed by atoms with Crippen molar-refractivity contribution in [1.29, 1.82) is 0 Å². The van der Waals surface area contributed by atoms with E-state index in [0.29, 0.717) is 6.42 Å². The lowest BCUT2D eigenvalue weighted by atomic mass is 9.93. The zero-order chi connectivity index (χ0) is 9.68. The molecule has 0 saturated heterocycles. The number of hydrogen-bond acceptors (Lipinski definition) is 1. The standard InChI is InChI=1S/C12H12O/c1-3-7-12(10(2)13)11-8-5-4-6-9-11/h1,4-6,8-9,12H,7H2,2H3. The normalized spacial score (nSPS) is 11.7. The van der Waals surface area contributed by atoms with Gasteiger partial charge in [-0.3, -0.25) is 4.79 Å². The first-order valence-corrected chi connectivity index (χ1v) is 4.24. The van der Waals surface area contributed by atoms with Crippen molar-refractivity contribution in [3.05, 3.63) is 35.9 Å². The summed E-state index contributed by atoms with van der Waals surface area (Å²) in [6.45, 7) is 1.58.